The fourth-order valence-electron chi connectivity index (χ4n) is 1.37. The van der Waals surface area contributed by atoms with Crippen LogP contribution >= 0.6 is 15.9 Å². The van der Waals surface area contributed by atoms with Gasteiger partial charge < -0.3 is 15.2 Å². The summed E-state index contributed by atoms with van der Waals surface area (Å²) in [6, 6.07) is 2.52. The molecule has 0 aromatic heterocycles. The fraction of sp³-hybridized carbons (Fsp3) is 0.364. The van der Waals surface area contributed by atoms with Crippen LogP contribution in [-0.2, 0) is 16.0 Å². The summed E-state index contributed by atoms with van der Waals surface area (Å²) in [6.07, 6.45) is -5.08. The number of anilines is 1. The number of halogens is 4. The van der Waals surface area contributed by atoms with Crippen molar-refractivity contribution in [2.75, 3.05) is 12.3 Å². The maximum Gasteiger partial charge on any atom is 0.573 e. The minimum Gasteiger partial charge on any atom is -0.466 e. The Balaban J connectivity index is 3.03. The van der Waals surface area contributed by atoms with Crippen molar-refractivity contribution in [1.29, 1.82) is 0 Å². The van der Waals surface area contributed by atoms with Gasteiger partial charge in [-0.1, -0.05) is 15.9 Å². The smallest absolute Gasteiger partial charge is 0.466 e. The van der Waals surface area contributed by atoms with Crippen LogP contribution in [0.15, 0.2) is 16.6 Å². The van der Waals surface area contributed by atoms with Gasteiger partial charge in [-0.05, 0) is 24.6 Å². The van der Waals surface area contributed by atoms with Gasteiger partial charge in [-0.15, -0.1) is 13.2 Å². The highest BCUT2D eigenvalue weighted by molar-refractivity contribution is 9.10. The van der Waals surface area contributed by atoms with Crippen LogP contribution in [0.2, 0.25) is 0 Å². The second-order valence-electron chi connectivity index (χ2n) is 3.51. The summed E-state index contributed by atoms with van der Waals surface area (Å²) >= 11 is 3.03. The van der Waals surface area contributed by atoms with Gasteiger partial charge in [-0.2, -0.15) is 0 Å². The number of hydrogen-bond acceptors (Lipinski definition) is 4. The molecule has 0 unspecified atom stereocenters. The SMILES string of the molecule is CCOC(=O)Cc1cc(Br)cc(OC(F)(F)F)c1N. The summed E-state index contributed by atoms with van der Waals surface area (Å²) in [4.78, 5) is 11.3. The number of ether oxygens (including phenoxy) is 2. The molecule has 0 radical (unpaired) electrons. The molecule has 1 aromatic carbocycles. The molecule has 0 aliphatic heterocycles. The number of carbonyl (C=O) groups is 1. The number of benzene rings is 1. The summed E-state index contributed by atoms with van der Waals surface area (Å²) in [5.74, 6) is -1.13. The van der Waals surface area contributed by atoms with Crippen LogP contribution in [0.25, 0.3) is 0 Å². The molecule has 106 valence electrons. The Hall–Kier alpha value is -1.44. The van der Waals surface area contributed by atoms with Crippen molar-refractivity contribution >= 4 is 27.6 Å². The maximum absolute atomic E-state index is 12.2. The number of nitrogens with two attached hydrogens (primary N) is 1. The second kappa shape index (κ2) is 6.14. The zero-order valence-electron chi connectivity index (χ0n) is 9.88. The molecule has 8 heteroatoms. The van der Waals surface area contributed by atoms with Crippen molar-refractivity contribution in [3.63, 3.8) is 0 Å². The lowest BCUT2D eigenvalue weighted by atomic mass is 10.1. The zero-order chi connectivity index (χ0) is 14.6. The van der Waals surface area contributed by atoms with Crippen molar-refractivity contribution in [2.24, 2.45) is 0 Å². The molecular formula is C11H11BrF3NO3. The van der Waals surface area contributed by atoms with Gasteiger partial charge in [0.25, 0.3) is 0 Å². The van der Waals surface area contributed by atoms with E-state index in [0.29, 0.717) is 4.47 Å². The highest BCUT2D eigenvalue weighted by Gasteiger charge is 2.32. The first-order chi connectivity index (χ1) is 8.73. The Morgan fingerprint density at radius 3 is 2.58 bits per heavy atom. The molecule has 2 N–H and O–H groups in total. The third-order valence-corrected chi connectivity index (χ3v) is 2.52. The minimum absolute atomic E-state index is 0.179. The van der Waals surface area contributed by atoms with Gasteiger partial charge in [0.05, 0.1) is 18.7 Å². The van der Waals surface area contributed by atoms with E-state index in [-0.39, 0.29) is 24.3 Å². The highest BCUT2D eigenvalue weighted by Crippen LogP contribution is 2.34. The number of rotatable bonds is 4. The van der Waals surface area contributed by atoms with E-state index in [2.05, 4.69) is 20.7 Å². The summed E-state index contributed by atoms with van der Waals surface area (Å²) in [5.41, 5.74) is 5.51. The lowest BCUT2D eigenvalue weighted by molar-refractivity contribution is -0.274. The van der Waals surface area contributed by atoms with E-state index in [4.69, 9.17) is 10.5 Å². The Morgan fingerprint density at radius 1 is 1.42 bits per heavy atom. The van der Waals surface area contributed by atoms with Crippen LogP contribution in [0, 0.1) is 0 Å². The summed E-state index contributed by atoms with van der Waals surface area (Å²) in [5, 5.41) is 0. The van der Waals surface area contributed by atoms with E-state index in [9.17, 15) is 18.0 Å². The van der Waals surface area contributed by atoms with Gasteiger partial charge in [0.15, 0.2) is 5.75 Å². The van der Waals surface area contributed by atoms with Crippen molar-refractivity contribution in [2.45, 2.75) is 19.7 Å². The number of carbonyl (C=O) groups excluding carboxylic acids is 1. The minimum atomic E-state index is -4.85. The average molecular weight is 342 g/mol. The molecule has 0 amide bonds. The third kappa shape index (κ3) is 4.98. The molecule has 0 heterocycles. The number of esters is 1. The molecule has 0 aliphatic rings. The molecule has 1 rings (SSSR count). The van der Waals surface area contributed by atoms with Crippen molar-refractivity contribution < 1.29 is 27.4 Å². The van der Waals surface area contributed by atoms with Crippen LogP contribution in [0.3, 0.4) is 0 Å². The molecule has 0 bridgehead atoms. The van der Waals surface area contributed by atoms with E-state index in [1.54, 1.807) is 6.92 Å². The predicted molar refractivity (Wildman–Crippen MR) is 65.6 cm³/mol. The van der Waals surface area contributed by atoms with Gasteiger partial charge in [-0.3, -0.25) is 4.79 Å². The molecule has 4 nitrogen and oxygen atoms in total. The van der Waals surface area contributed by atoms with E-state index in [0.717, 1.165) is 6.07 Å². The normalized spacial score (nSPS) is 11.2. The highest BCUT2D eigenvalue weighted by atomic mass is 79.9. The van der Waals surface area contributed by atoms with Gasteiger partial charge in [0.1, 0.15) is 0 Å². The first-order valence-electron chi connectivity index (χ1n) is 5.22. The van der Waals surface area contributed by atoms with Crippen LogP contribution in [-0.4, -0.2) is 18.9 Å². The predicted octanol–water partition coefficient (Wildman–Crippen LogP) is 3.04. The van der Waals surface area contributed by atoms with Crippen LogP contribution in [0.4, 0.5) is 18.9 Å². The van der Waals surface area contributed by atoms with Gasteiger partial charge in [0.2, 0.25) is 0 Å². The molecule has 0 saturated carbocycles. The van der Waals surface area contributed by atoms with Gasteiger partial charge in [-0.25, -0.2) is 0 Å². The van der Waals surface area contributed by atoms with Gasteiger partial charge >= 0.3 is 12.3 Å². The van der Waals surface area contributed by atoms with Gasteiger partial charge in [0, 0.05) is 4.47 Å². The van der Waals surface area contributed by atoms with Crippen LogP contribution in [0.5, 0.6) is 5.75 Å². The molecule has 0 saturated heterocycles. The Morgan fingerprint density at radius 2 is 2.05 bits per heavy atom. The third-order valence-electron chi connectivity index (χ3n) is 2.06. The van der Waals surface area contributed by atoms with Crippen molar-refractivity contribution in [1.82, 2.24) is 0 Å². The van der Waals surface area contributed by atoms with E-state index >= 15 is 0 Å². The molecule has 1 aromatic rings. The molecule has 0 spiro atoms. The maximum atomic E-state index is 12.2. The molecule has 0 aliphatic carbocycles. The quantitative estimate of drug-likeness (QED) is 0.675. The average Bonchev–Trinajstić information content (AvgIpc) is 2.23. The molecular weight excluding hydrogens is 331 g/mol. The van der Waals surface area contributed by atoms with E-state index in [1.165, 1.54) is 6.07 Å². The number of nitrogen functional groups attached to an aromatic ring is 1. The largest absolute Gasteiger partial charge is 0.573 e. The Bertz CT molecular complexity index is 477. The Labute approximate surface area is 115 Å². The monoisotopic (exact) mass is 341 g/mol. The van der Waals surface area contributed by atoms with E-state index in [1.807, 2.05) is 0 Å². The Kier molecular flexibility index (Phi) is 5.04. The fourth-order valence-corrected chi connectivity index (χ4v) is 1.85. The van der Waals surface area contributed by atoms with Crippen LogP contribution < -0.4 is 10.5 Å². The number of hydrogen-bond donors (Lipinski definition) is 1. The lowest BCUT2D eigenvalue weighted by Crippen LogP contribution is -2.19. The summed E-state index contributed by atoms with van der Waals surface area (Å²) in [7, 11) is 0. The second-order valence-corrected chi connectivity index (χ2v) is 4.42. The zero-order valence-corrected chi connectivity index (χ0v) is 11.5. The molecule has 19 heavy (non-hydrogen) atoms. The standard InChI is InChI=1S/C11H11BrF3NO3/c1-2-18-9(17)4-6-3-7(12)5-8(10(6)16)19-11(13,14)15/h3,5H,2,4,16H2,1H3. The van der Waals surface area contributed by atoms with Crippen molar-refractivity contribution in [3.8, 4) is 5.75 Å². The lowest BCUT2D eigenvalue weighted by Gasteiger charge is -2.14. The van der Waals surface area contributed by atoms with Crippen LogP contribution in [0.1, 0.15) is 12.5 Å². The van der Waals surface area contributed by atoms with E-state index < -0.39 is 18.1 Å². The van der Waals surface area contributed by atoms with Crippen molar-refractivity contribution in [3.05, 3.63) is 22.2 Å². The summed E-state index contributed by atoms with van der Waals surface area (Å²) < 4.78 is 45.4. The number of alkyl halides is 3. The first-order valence-corrected chi connectivity index (χ1v) is 6.01. The molecule has 0 fully saturated rings. The summed E-state index contributed by atoms with van der Waals surface area (Å²) in [6.45, 7) is 1.80. The topological polar surface area (TPSA) is 61.5 Å². The molecule has 0 atom stereocenters. The first kappa shape index (κ1) is 15.6.